The molecule has 1 saturated carbocycles. The van der Waals surface area contributed by atoms with E-state index in [9.17, 15) is 4.79 Å². The van der Waals surface area contributed by atoms with Crippen LogP contribution in [0.5, 0.6) is 0 Å². The molecule has 0 aliphatic heterocycles. The first-order valence-electron chi connectivity index (χ1n) is 7.17. The Morgan fingerprint density at radius 3 is 2.30 bits per heavy atom. The Morgan fingerprint density at radius 1 is 1.25 bits per heavy atom. The van der Waals surface area contributed by atoms with E-state index in [0.29, 0.717) is 12.5 Å². The van der Waals surface area contributed by atoms with E-state index in [-0.39, 0.29) is 18.3 Å². The summed E-state index contributed by atoms with van der Waals surface area (Å²) in [5.41, 5.74) is 7.94. The van der Waals surface area contributed by atoms with Gasteiger partial charge in [-0.1, -0.05) is 51.0 Å². The Hall–Kier alpha value is -1.06. The molecule has 0 aromatic heterocycles. The number of nitrogens with two attached hydrogens (primary N) is 1. The molecule has 0 saturated heterocycles. The van der Waals surface area contributed by atoms with Gasteiger partial charge in [-0.05, 0) is 29.9 Å². The second kappa shape index (κ2) is 7.09. The molecule has 0 unspecified atom stereocenters. The first kappa shape index (κ1) is 17.0. The van der Waals surface area contributed by atoms with E-state index in [1.165, 1.54) is 5.56 Å². The Balaban J connectivity index is 0.00000200. The molecule has 3 N–H and O–H groups in total. The molecule has 1 aliphatic rings. The van der Waals surface area contributed by atoms with Crippen LogP contribution in [0.15, 0.2) is 24.3 Å². The molecule has 0 heterocycles. The van der Waals surface area contributed by atoms with Gasteiger partial charge in [-0.25, -0.2) is 0 Å². The van der Waals surface area contributed by atoms with Gasteiger partial charge in [-0.15, -0.1) is 12.4 Å². The molecule has 1 aliphatic carbocycles. The van der Waals surface area contributed by atoms with Gasteiger partial charge in [0.2, 0.25) is 5.91 Å². The van der Waals surface area contributed by atoms with Gasteiger partial charge < -0.3 is 11.1 Å². The smallest absolute Gasteiger partial charge is 0.240 e. The van der Waals surface area contributed by atoms with Crippen LogP contribution < -0.4 is 11.1 Å². The highest BCUT2D eigenvalue weighted by Crippen LogP contribution is 2.27. The second-order valence-corrected chi connectivity index (χ2v) is 5.94. The summed E-state index contributed by atoms with van der Waals surface area (Å²) in [4.78, 5) is 12.1. The van der Waals surface area contributed by atoms with Crippen LogP contribution in [-0.2, 0) is 11.3 Å². The molecule has 0 radical (unpaired) electrons. The van der Waals surface area contributed by atoms with Gasteiger partial charge in [0.05, 0.1) is 5.54 Å². The van der Waals surface area contributed by atoms with Crippen LogP contribution in [0.3, 0.4) is 0 Å². The third kappa shape index (κ3) is 3.97. The molecule has 1 aromatic rings. The molecule has 0 bridgehead atoms. The highest BCUT2D eigenvalue weighted by Gasteiger charge is 2.36. The average molecular weight is 297 g/mol. The quantitative estimate of drug-likeness (QED) is 0.897. The summed E-state index contributed by atoms with van der Waals surface area (Å²) in [6, 6.07) is 8.40. The fourth-order valence-corrected chi connectivity index (χ4v) is 2.61. The minimum Gasteiger partial charge on any atom is -0.350 e. The number of nitrogens with one attached hydrogen (secondary N) is 1. The molecule has 112 valence electrons. The van der Waals surface area contributed by atoms with E-state index >= 15 is 0 Å². The number of amides is 1. The number of carbonyl (C=O) groups is 1. The lowest BCUT2D eigenvalue weighted by Gasteiger charge is -2.22. The molecule has 3 nitrogen and oxygen atoms in total. The molecule has 1 fully saturated rings. The number of carbonyl (C=O) groups excluding carboxylic acids is 1. The summed E-state index contributed by atoms with van der Waals surface area (Å²) in [7, 11) is 0. The van der Waals surface area contributed by atoms with E-state index in [0.717, 1.165) is 31.2 Å². The number of rotatable bonds is 4. The number of hydrogen-bond acceptors (Lipinski definition) is 2. The zero-order valence-corrected chi connectivity index (χ0v) is 13.1. The van der Waals surface area contributed by atoms with Crippen molar-refractivity contribution in [2.45, 2.75) is 57.5 Å². The van der Waals surface area contributed by atoms with Crippen molar-refractivity contribution in [1.82, 2.24) is 5.32 Å². The van der Waals surface area contributed by atoms with Crippen molar-refractivity contribution in [1.29, 1.82) is 0 Å². The van der Waals surface area contributed by atoms with Crippen LogP contribution in [-0.4, -0.2) is 11.4 Å². The van der Waals surface area contributed by atoms with E-state index < -0.39 is 5.54 Å². The molecule has 1 amide bonds. The topological polar surface area (TPSA) is 55.1 Å². The summed E-state index contributed by atoms with van der Waals surface area (Å²) in [6.45, 7) is 4.92. The molecule has 20 heavy (non-hydrogen) atoms. The minimum absolute atomic E-state index is 0. The minimum atomic E-state index is -0.627. The van der Waals surface area contributed by atoms with Gasteiger partial charge in [0.15, 0.2) is 0 Å². The Labute approximate surface area is 127 Å². The van der Waals surface area contributed by atoms with Gasteiger partial charge in [-0.2, -0.15) is 0 Å². The van der Waals surface area contributed by atoms with Gasteiger partial charge in [0.25, 0.3) is 0 Å². The van der Waals surface area contributed by atoms with E-state index in [1.54, 1.807) is 0 Å². The molecule has 0 atom stereocenters. The highest BCUT2D eigenvalue weighted by atomic mass is 35.5. The predicted molar refractivity (Wildman–Crippen MR) is 85.0 cm³/mol. The van der Waals surface area contributed by atoms with Gasteiger partial charge in [0.1, 0.15) is 0 Å². The number of halogens is 1. The second-order valence-electron chi connectivity index (χ2n) is 5.94. The Bertz CT molecular complexity index is 436. The number of hydrogen-bond donors (Lipinski definition) is 2. The van der Waals surface area contributed by atoms with Gasteiger partial charge in [-0.3, -0.25) is 4.79 Å². The maximum Gasteiger partial charge on any atom is 0.240 e. The van der Waals surface area contributed by atoms with Crippen molar-refractivity contribution < 1.29 is 4.79 Å². The maximum atomic E-state index is 12.1. The van der Waals surface area contributed by atoms with Crippen molar-refractivity contribution in [3.8, 4) is 0 Å². The summed E-state index contributed by atoms with van der Waals surface area (Å²) in [5.74, 6) is 0.535. The molecule has 4 heteroatoms. The van der Waals surface area contributed by atoms with Crippen LogP contribution in [0.25, 0.3) is 0 Å². The van der Waals surface area contributed by atoms with Crippen molar-refractivity contribution >= 4 is 18.3 Å². The maximum absolute atomic E-state index is 12.1. The first-order chi connectivity index (χ1) is 9.01. The predicted octanol–water partition coefficient (Wildman–Crippen LogP) is 3.12. The van der Waals surface area contributed by atoms with Crippen molar-refractivity contribution in [2.24, 2.45) is 5.73 Å². The van der Waals surface area contributed by atoms with Crippen LogP contribution in [0.1, 0.15) is 56.6 Å². The van der Waals surface area contributed by atoms with Gasteiger partial charge >= 0.3 is 0 Å². The number of benzene rings is 1. The average Bonchev–Trinajstić information content (AvgIpc) is 2.84. The van der Waals surface area contributed by atoms with E-state index in [2.05, 4.69) is 43.4 Å². The fraction of sp³-hybridized carbons (Fsp3) is 0.562. The lowest BCUT2D eigenvalue weighted by Crippen LogP contribution is -2.51. The molecule has 0 spiro atoms. The Morgan fingerprint density at radius 2 is 1.80 bits per heavy atom. The van der Waals surface area contributed by atoms with Gasteiger partial charge in [0, 0.05) is 6.54 Å². The van der Waals surface area contributed by atoms with Crippen LogP contribution in [0.4, 0.5) is 0 Å². The highest BCUT2D eigenvalue weighted by molar-refractivity contribution is 5.86. The SMILES string of the molecule is CC(C)c1ccc(CNC(=O)C2(N)CCCC2)cc1.Cl. The van der Waals surface area contributed by atoms with E-state index in [1.807, 2.05) is 0 Å². The lowest BCUT2D eigenvalue weighted by molar-refractivity contribution is -0.126. The molecule has 1 aromatic carbocycles. The molecule has 2 rings (SSSR count). The fourth-order valence-electron chi connectivity index (χ4n) is 2.61. The Kier molecular flexibility index (Phi) is 6.03. The van der Waals surface area contributed by atoms with Crippen molar-refractivity contribution in [3.05, 3.63) is 35.4 Å². The monoisotopic (exact) mass is 296 g/mol. The summed E-state index contributed by atoms with van der Waals surface area (Å²) < 4.78 is 0. The first-order valence-corrected chi connectivity index (χ1v) is 7.17. The summed E-state index contributed by atoms with van der Waals surface area (Å²) >= 11 is 0. The third-order valence-corrected chi connectivity index (χ3v) is 4.05. The third-order valence-electron chi connectivity index (χ3n) is 4.05. The standard InChI is InChI=1S/C16H24N2O.ClH/c1-12(2)14-7-5-13(6-8-14)11-18-15(19)16(17)9-3-4-10-16;/h5-8,12H,3-4,9-11,17H2,1-2H3,(H,18,19);1H. The molecular weight excluding hydrogens is 272 g/mol. The normalized spacial score (nSPS) is 16.8. The van der Waals surface area contributed by atoms with Crippen LogP contribution in [0.2, 0.25) is 0 Å². The van der Waals surface area contributed by atoms with Crippen LogP contribution >= 0.6 is 12.4 Å². The zero-order valence-electron chi connectivity index (χ0n) is 12.3. The van der Waals surface area contributed by atoms with Crippen LogP contribution in [0, 0.1) is 0 Å². The summed E-state index contributed by atoms with van der Waals surface area (Å²) in [6.07, 6.45) is 3.75. The lowest BCUT2D eigenvalue weighted by atomic mass is 9.98. The largest absolute Gasteiger partial charge is 0.350 e. The van der Waals surface area contributed by atoms with Crippen molar-refractivity contribution in [2.75, 3.05) is 0 Å². The molecular formula is C16H25ClN2O. The zero-order chi connectivity index (χ0) is 13.9. The van der Waals surface area contributed by atoms with E-state index in [4.69, 9.17) is 5.73 Å². The summed E-state index contributed by atoms with van der Waals surface area (Å²) in [5, 5.41) is 2.97. The van der Waals surface area contributed by atoms with Crippen molar-refractivity contribution in [3.63, 3.8) is 0 Å².